The molecule has 4 N–H and O–H groups in total. The summed E-state index contributed by atoms with van der Waals surface area (Å²) >= 11 is 3.16. The van der Waals surface area contributed by atoms with Gasteiger partial charge in [-0.2, -0.15) is 5.10 Å². The van der Waals surface area contributed by atoms with E-state index in [4.69, 9.17) is 10.6 Å². The molecule has 1 rings (SSSR count). The molecule has 0 spiro atoms. The second-order valence-corrected chi connectivity index (χ2v) is 3.67. The molecule has 0 unspecified atom stereocenters. The van der Waals surface area contributed by atoms with E-state index in [1.165, 1.54) is 24.4 Å². The fraction of sp³-hybridized carbons (Fsp3) is 0. The van der Waals surface area contributed by atoms with E-state index in [2.05, 4.69) is 26.5 Å². The molecule has 17 heavy (non-hydrogen) atoms. The lowest BCUT2D eigenvalue weighted by Gasteiger charge is -2.00. The lowest BCUT2D eigenvalue weighted by atomic mass is 10.2. The van der Waals surface area contributed by atoms with Crippen LogP contribution in [0.15, 0.2) is 27.8 Å². The Morgan fingerprint density at radius 2 is 2.35 bits per heavy atom. The normalized spacial score (nSPS) is 10.2. The molecular formula is C8H8BrN5O3. The van der Waals surface area contributed by atoms with Gasteiger partial charge in [0.1, 0.15) is 0 Å². The van der Waals surface area contributed by atoms with Crippen LogP contribution in [-0.4, -0.2) is 22.3 Å². The van der Waals surface area contributed by atoms with Crippen molar-refractivity contribution in [1.29, 1.82) is 5.41 Å². The van der Waals surface area contributed by atoms with Gasteiger partial charge in [0.25, 0.3) is 5.69 Å². The molecule has 0 bridgehead atoms. The minimum Gasteiger partial charge on any atom is -0.288 e. The number of halogens is 1. The van der Waals surface area contributed by atoms with Crippen molar-refractivity contribution in [3.05, 3.63) is 38.3 Å². The van der Waals surface area contributed by atoms with Crippen LogP contribution in [0.4, 0.5) is 5.69 Å². The number of nitro groups is 1. The lowest BCUT2D eigenvalue weighted by molar-refractivity contribution is -0.384. The molecule has 0 aliphatic rings. The van der Waals surface area contributed by atoms with E-state index in [1.807, 2.05) is 0 Å². The monoisotopic (exact) mass is 301 g/mol. The van der Waals surface area contributed by atoms with Crippen molar-refractivity contribution in [1.82, 2.24) is 10.9 Å². The minimum atomic E-state index is -0.505. The summed E-state index contributed by atoms with van der Waals surface area (Å²) in [5, 5.41) is 29.4. The molecule has 9 heteroatoms. The highest BCUT2D eigenvalue weighted by Crippen LogP contribution is 2.21. The van der Waals surface area contributed by atoms with Crippen molar-refractivity contribution < 1.29 is 10.1 Å². The number of rotatable bonds is 3. The molecule has 0 aliphatic carbocycles. The first-order valence-corrected chi connectivity index (χ1v) is 5.05. The molecule has 0 aliphatic heterocycles. The summed E-state index contributed by atoms with van der Waals surface area (Å²) in [6.45, 7) is 0. The molecule has 90 valence electrons. The van der Waals surface area contributed by atoms with E-state index < -0.39 is 4.92 Å². The van der Waals surface area contributed by atoms with Gasteiger partial charge >= 0.3 is 0 Å². The lowest BCUT2D eigenvalue weighted by Crippen LogP contribution is -2.30. The highest BCUT2D eigenvalue weighted by Gasteiger charge is 2.07. The third-order valence-electron chi connectivity index (χ3n) is 1.69. The summed E-state index contributed by atoms with van der Waals surface area (Å²) in [6, 6.07) is 4.18. The zero-order valence-electron chi connectivity index (χ0n) is 8.35. The number of nitrogens with zero attached hydrogens (tertiary/aromatic N) is 2. The van der Waals surface area contributed by atoms with E-state index in [-0.39, 0.29) is 11.6 Å². The highest BCUT2D eigenvalue weighted by molar-refractivity contribution is 9.10. The molecule has 0 saturated heterocycles. The van der Waals surface area contributed by atoms with Gasteiger partial charge in [-0.15, -0.1) is 0 Å². The van der Waals surface area contributed by atoms with E-state index >= 15 is 0 Å². The zero-order chi connectivity index (χ0) is 12.8. The maximum absolute atomic E-state index is 10.5. The summed E-state index contributed by atoms with van der Waals surface area (Å²) in [5.41, 5.74) is 4.29. The van der Waals surface area contributed by atoms with Crippen LogP contribution in [-0.2, 0) is 0 Å². The SMILES string of the molecule is N=C(NO)NN=Cc1ccc([N+](=O)[O-])cc1Br. The van der Waals surface area contributed by atoms with Gasteiger partial charge in [-0.25, -0.2) is 10.9 Å². The first-order chi connectivity index (χ1) is 8.04. The van der Waals surface area contributed by atoms with Crippen LogP contribution in [0.3, 0.4) is 0 Å². The molecular weight excluding hydrogens is 294 g/mol. The van der Waals surface area contributed by atoms with E-state index in [1.54, 1.807) is 5.48 Å². The number of non-ortho nitro benzene ring substituents is 1. The van der Waals surface area contributed by atoms with Crippen molar-refractivity contribution >= 4 is 33.8 Å². The van der Waals surface area contributed by atoms with Gasteiger partial charge < -0.3 is 0 Å². The standard InChI is InChI=1S/C8H8BrN5O3/c9-7-3-6(14(16)17)2-1-5(7)4-11-12-8(10)13-15/h1-4,15H,(H3,10,12,13). The van der Waals surface area contributed by atoms with Gasteiger partial charge in [0.05, 0.1) is 11.1 Å². The predicted molar refractivity (Wildman–Crippen MR) is 64.2 cm³/mol. The largest absolute Gasteiger partial charge is 0.288 e. The van der Waals surface area contributed by atoms with E-state index in [9.17, 15) is 10.1 Å². The quantitative estimate of drug-likeness (QED) is 0.289. The van der Waals surface area contributed by atoms with Gasteiger partial charge in [-0.3, -0.25) is 20.7 Å². The molecule has 0 radical (unpaired) electrons. The van der Waals surface area contributed by atoms with Crippen molar-refractivity contribution in [2.24, 2.45) is 5.10 Å². The van der Waals surface area contributed by atoms with Crippen molar-refractivity contribution in [2.75, 3.05) is 0 Å². The molecule has 1 aromatic carbocycles. The Kier molecular flexibility index (Phi) is 4.55. The summed E-state index contributed by atoms with van der Waals surface area (Å²) in [4.78, 5) is 9.98. The second kappa shape index (κ2) is 5.92. The number of guanidine groups is 1. The molecule has 0 atom stereocenters. The van der Waals surface area contributed by atoms with Gasteiger partial charge in [0.2, 0.25) is 5.96 Å². The number of hydrogen-bond donors (Lipinski definition) is 4. The summed E-state index contributed by atoms with van der Waals surface area (Å²) in [6.07, 6.45) is 1.35. The maximum Gasteiger partial charge on any atom is 0.270 e. The van der Waals surface area contributed by atoms with Crippen LogP contribution in [0, 0.1) is 15.5 Å². The van der Waals surface area contributed by atoms with Gasteiger partial charge in [0, 0.05) is 22.2 Å². The minimum absolute atomic E-state index is 0.0354. The Morgan fingerprint density at radius 3 is 2.88 bits per heavy atom. The summed E-state index contributed by atoms with van der Waals surface area (Å²) in [5.74, 6) is -0.390. The van der Waals surface area contributed by atoms with Crippen LogP contribution in [0.1, 0.15) is 5.56 Å². The fourth-order valence-electron chi connectivity index (χ4n) is 0.926. The smallest absolute Gasteiger partial charge is 0.270 e. The molecule has 0 saturated carbocycles. The molecule has 0 fully saturated rings. The molecule has 0 aromatic heterocycles. The Bertz CT molecular complexity index is 476. The Labute approximate surface area is 104 Å². The molecule has 1 aromatic rings. The topological polar surface area (TPSA) is 124 Å². The van der Waals surface area contributed by atoms with Crippen LogP contribution in [0.2, 0.25) is 0 Å². The molecule has 8 nitrogen and oxygen atoms in total. The highest BCUT2D eigenvalue weighted by atomic mass is 79.9. The van der Waals surface area contributed by atoms with E-state index in [0.717, 1.165) is 0 Å². The Balaban J connectivity index is 2.79. The van der Waals surface area contributed by atoms with Crippen LogP contribution >= 0.6 is 15.9 Å². The average molecular weight is 302 g/mol. The number of benzene rings is 1. The number of hydrazone groups is 1. The maximum atomic E-state index is 10.5. The van der Waals surface area contributed by atoms with Crippen LogP contribution in [0.5, 0.6) is 0 Å². The van der Waals surface area contributed by atoms with Crippen molar-refractivity contribution in [3.63, 3.8) is 0 Å². The van der Waals surface area contributed by atoms with Crippen molar-refractivity contribution in [3.8, 4) is 0 Å². The van der Waals surface area contributed by atoms with E-state index in [0.29, 0.717) is 10.0 Å². The number of hydrogen-bond acceptors (Lipinski definition) is 5. The first-order valence-electron chi connectivity index (χ1n) is 4.26. The Hall–Kier alpha value is -2.00. The van der Waals surface area contributed by atoms with Crippen LogP contribution in [0.25, 0.3) is 0 Å². The average Bonchev–Trinajstić information content (AvgIpc) is 2.30. The number of hydroxylamine groups is 1. The van der Waals surface area contributed by atoms with Crippen LogP contribution < -0.4 is 10.9 Å². The predicted octanol–water partition coefficient (Wildman–Crippen LogP) is 1.19. The van der Waals surface area contributed by atoms with Gasteiger partial charge in [0.15, 0.2) is 0 Å². The molecule has 0 amide bonds. The fourth-order valence-corrected chi connectivity index (χ4v) is 1.39. The van der Waals surface area contributed by atoms with Gasteiger partial charge in [-0.1, -0.05) is 0 Å². The second-order valence-electron chi connectivity index (χ2n) is 2.82. The zero-order valence-corrected chi connectivity index (χ0v) is 9.93. The third-order valence-corrected chi connectivity index (χ3v) is 2.37. The number of nitrogens with one attached hydrogen (secondary N) is 3. The summed E-state index contributed by atoms with van der Waals surface area (Å²) < 4.78 is 0.501. The molecule has 0 heterocycles. The third kappa shape index (κ3) is 3.81. The van der Waals surface area contributed by atoms with Crippen molar-refractivity contribution in [2.45, 2.75) is 0 Å². The number of nitro benzene ring substituents is 1. The Morgan fingerprint density at radius 1 is 1.65 bits per heavy atom. The van der Waals surface area contributed by atoms with Gasteiger partial charge in [-0.05, 0) is 22.0 Å². The summed E-state index contributed by atoms with van der Waals surface area (Å²) in [7, 11) is 0. The first kappa shape index (κ1) is 13.1.